The highest BCUT2D eigenvalue weighted by atomic mass is 19.1. The second kappa shape index (κ2) is 4.69. The molecule has 1 saturated heterocycles. The van der Waals surface area contributed by atoms with E-state index in [0.29, 0.717) is 0 Å². The molecule has 0 radical (unpaired) electrons. The maximum Gasteiger partial charge on any atom is 0.410 e. The number of nitriles is 1. The molecular formula is C11H17FN2O2. The van der Waals surface area contributed by atoms with Gasteiger partial charge in [0.1, 0.15) is 11.8 Å². The van der Waals surface area contributed by atoms with Crippen molar-refractivity contribution >= 4 is 6.09 Å². The summed E-state index contributed by atoms with van der Waals surface area (Å²) in [5.41, 5.74) is -0.595. The second-order valence-electron chi connectivity index (χ2n) is 4.98. The molecular weight excluding hydrogens is 211 g/mol. The molecule has 0 saturated carbocycles. The maximum atomic E-state index is 13.2. The van der Waals surface area contributed by atoms with Gasteiger partial charge in [-0.15, -0.1) is 0 Å². The number of hydrogen-bond donors (Lipinski definition) is 0. The standard InChI is InChI=1S/C11H17FN2O2/c1-11(2,3)16-10(15)14-7-8(12)6-9(14)4-5-13/h8-9H,4,6-7H2,1-3H3/t8?,9-/m1/s1. The summed E-state index contributed by atoms with van der Waals surface area (Å²) in [5.74, 6) is 0. The van der Waals surface area contributed by atoms with Gasteiger partial charge in [-0.3, -0.25) is 0 Å². The minimum absolute atomic E-state index is 0.0290. The molecule has 0 bridgehead atoms. The number of likely N-dealkylation sites (tertiary alicyclic amines) is 1. The Hall–Kier alpha value is -1.31. The molecule has 0 spiro atoms. The average molecular weight is 228 g/mol. The highest BCUT2D eigenvalue weighted by molar-refractivity contribution is 5.69. The molecule has 1 amide bonds. The number of amides is 1. The van der Waals surface area contributed by atoms with Gasteiger partial charge in [0.2, 0.25) is 0 Å². The van der Waals surface area contributed by atoms with Gasteiger partial charge in [0, 0.05) is 6.42 Å². The van der Waals surface area contributed by atoms with Crippen LogP contribution >= 0.6 is 0 Å². The van der Waals surface area contributed by atoms with Gasteiger partial charge in [-0.2, -0.15) is 5.26 Å². The van der Waals surface area contributed by atoms with Gasteiger partial charge < -0.3 is 9.64 Å². The molecule has 0 N–H and O–H groups in total. The van der Waals surface area contributed by atoms with Crippen LogP contribution in [0.3, 0.4) is 0 Å². The summed E-state index contributed by atoms with van der Waals surface area (Å²) in [6.45, 7) is 5.30. The molecule has 0 aromatic rings. The molecule has 1 heterocycles. The Balaban J connectivity index is 2.64. The van der Waals surface area contributed by atoms with Crippen molar-refractivity contribution < 1.29 is 13.9 Å². The van der Waals surface area contributed by atoms with Crippen molar-refractivity contribution in [3.63, 3.8) is 0 Å². The fourth-order valence-corrected chi connectivity index (χ4v) is 1.70. The monoisotopic (exact) mass is 228 g/mol. The fourth-order valence-electron chi connectivity index (χ4n) is 1.70. The zero-order valence-corrected chi connectivity index (χ0v) is 9.86. The summed E-state index contributed by atoms with van der Waals surface area (Å²) in [7, 11) is 0. The lowest BCUT2D eigenvalue weighted by Crippen LogP contribution is -2.39. The van der Waals surface area contributed by atoms with Gasteiger partial charge in [-0.1, -0.05) is 0 Å². The molecule has 1 rings (SSSR count). The Morgan fingerprint density at radius 2 is 2.25 bits per heavy atom. The number of carbonyl (C=O) groups is 1. The Labute approximate surface area is 95.0 Å². The Morgan fingerprint density at radius 1 is 1.62 bits per heavy atom. The van der Waals surface area contributed by atoms with E-state index in [1.54, 1.807) is 20.8 Å². The van der Waals surface area contributed by atoms with Crippen molar-refractivity contribution in [3.05, 3.63) is 0 Å². The second-order valence-corrected chi connectivity index (χ2v) is 4.98. The van der Waals surface area contributed by atoms with Gasteiger partial charge in [0.15, 0.2) is 0 Å². The van der Waals surface area contributed by atoms with Crippen LogP contribution in [0, 0.1) is 11.3 Å². The van der Waals surface area contributed by atoms with Crippen LogP contribution in [-0.4, -0.2) is 35.4 Å². The number of hydrogen-bond acceptors (Lipinski definition) is 3. The largest absolute Gasteiger partial charge is 0.444 e. The summed E-state index contributed by atoms with van der Waals surface area (Å²) in [4.78, 5) is 13.0. The van der Waals surface area contributed by atoms with E-state index in [9.17, 15) is 9.18 Å². The summed E-state index contributed by atoms with van der Waals surface area (Å²) < 4.78 is 18.3. The lowest BCUT2D eigenvalue weighted by molar-refractivity contribution is 0.0221. The molecule has 1 aliphatic rings. The smallest absolute Gasteiger partial charge is 0.410 e. The van der Waals surface area contributed by atoms with E-state index in [-0.39, 0.29) is 25.4 Å². The zero-order valence-electron chi connectivity index (χ0n) is 9.86. The third kappa shape index (κ3) is 3.37. The van der Waals surface area contributed by atoms with Gasteiger partial charge in [-0.05, 0) is 20.8 Å². The number of carbonyl (C=O) groups excluding carboxylic acids is 1. The molecule has 1 aliphatic heterocycles. The van der Waals surface area contributed by atoms with Crippen molar-refractivity contribution in [1.82, 2.24) is 4.90 Å². The average Bonchev–Trinajstić information content (AvgIpc) is 2.44. The maximum absolute atomic E-state index is 13.2. The number of halogens is 1. The zero-order chi connectivity index (χ0) is 12.3. The first kappa shape index (κ1) is 12.8. The first-order valence-corrected chi connectivity index (χ1v) is 5.34. The molecule has 5 heteroatoms. The SMILES string of the molecule is CC(C)(C)OC(=O)N1CC(F)C[C@H]1CC#N. The van der Waals surface area contributed by atoms with Gasteiger partial charge in [0.05, 0.1) is 25.1 Å². The molecule has 1 unspecified atom stereocenters. The summed E-state index contributed by atoms with van der Waals surface area (Å²) >= 11 is 0. The van der Waals surface area contributed by atoms with E-state index in [4.69, 9.17) is 10.00 Å². The van der Waals surface area contributed by atoms with Crippen LogP contribution in [-0.2, 0) is 4.74 Å². The van der Waals surface area contributed by atoms with Crippen LogP contribution in [0.25, 0.3) is 0 Å². The molecule has 2 atom stereocenters. The summed E-state index contributed by atoms with van der Waals surface area (Å²) in [6, 6.07) is 1.61. The van der Waals surface area contributed by atoms with Crippen molar-refractivity contribution in [3.8, 4) is 6.07 Å². The highest BCUT2D eigenvalue weighted by Crippen LogP contribution is 2.24. The van der Waals surface area contributed by atoms with Gasteiger partial charge >= 0.3 is 6.09 Å². The van der Waals surface area contributed by atoms with Crippen molar-refractivity contribution in [1.29, 1.82) is 5.26 Å². The summed E-state index contributed by atoms with van der Waals surface area (Å²) in [6.07, 6.45) is -1.20. The third-order valence-electron chi connectivity index (χ3n) is 2.32. The van der Waals surface area contributed by atoms with Crippen LogP contribution in [0.15, 0.2) is 0 Å². The van der Waals surface area contributed by atoms with E-state index in [1.807, 2.05) is 6.07 Å². The molecule has 0 aromatic carbocycles. The lowest BCUT2D eigenvalue weighted by Gasteiger charge is -2.27. The quantitative estimate of drug-likeness (QED) is 0.691. The normalized spacial score (nSPS) is 25.3. The summed E-state index contributed by atoms with van der Waals surface area (Å²) in [5, 5.41) is 8.59. The first-order valence-electron chi connectivity index (χ1n) is 5.34. The minimum Gasteiger partial charge on any atom is -0.444 e. The topological polar surface area (TPSA) is 53.3 Å². The Bertz CT molecular complexity index is 306. The molecule has 4 nitrogen and oxygen atoms in total. The number of ether oxygens (including phenoxy) is 1. The van der Waals surface area contributed by atoms with E-state index >= 15 is 0 Å². The third-order valence-corrected chi connectivity index (χ3v) is 2.32. The highest BCUT2D eigenvalue weighted by Gasteiger charge is 2.37. The van der Waals surface area contributed by atoms with Crippen LogP contribution in [0.5, 0.6) is 0 Å². The number of rotatable bonds is 1. The molecule has 0 aliphatic carbocycles. The molecule has 1 fully saturated rings. The minimum atomic E-state index is -1.05. The van der Waals surface area contributed by atoms with E-state index in [2.05, 4.69) is 0 Å². The van der Waals surface area contributed by atoms with Crippen LogP contribution in [0.4, 0.5) is 9.18 Å². The number of nitrogens with zero attached hydrogens (tertiary/aromatic N) is 2. The first-order chi connectivity index (χ1) is 7.33. The van der Waals surface area contributed by atoms with Crippen LogP contribution < -0.4 is 0 Å². The molecule has 90 valence electrons. The van der Waals surface area contributed by atoms with E-state index < -0.39 is 17.9 Å². The molecule has 0 aromatic heterocycles. The predicted molar refractivity (Wildman–Crippen MR) is 56.5 cm³/mol. The van der Waals surface area contributed by atoms with Gasteiger partial charge in [0.25, 0.3) is 0 Å². The van der Waals surface area contributed by atoms with Gasteiger partial charge in [-0.25, -0.2) is 9.18 Å². The fraction of sp³-hybridized carbons (Fsp3) is 0.818. The Morgan fingerprint density at radius 3 is 2.75 bits per heavy atom. The van der Waals surface area contributed by atoms with Crippen molar-refractivity contribution in [2.45, 2.75) is 51.4 Å². The van der Waals surface area contributed by atoms with Crippen molar-refractivity contribution in [2.75, 3.05) is 6.54 Å². The van der Waals surface area contributed by atoms with E-state index in [0.717, 1.165) is 0 Å². The van der Waals surface area contributed by atoms with Crippen molar-refractivity contribution in [2.24, 2.45) is 0 Å². The molecule has 16 heavy (non-hydrogen) atoms. The van der Waals surface area contributed by atoms with Crippen LogP contribution in [0.2, 0.25) is 0 Å². The Kier molecular flexibility index (Phi) is 3.74. The lowest BCUT2D eigenvalue weighted by atomic mass is 10.1. The van der Waals surface area contributed by atoms with Crippen LogP contribution in [0.1, 0.15) is 33.6 Å². The number of alkyl halides is 1. The predicted octanol–water partition coefficient (Wildman–Crippen LogP) is 2.25. The van der Waals surface area contributed by atoms with E-state index in [1.165, 1.54) is 4.90 Å².